The first-order valence-electron chi connectivity index (χ1n) is 3.86. The second-order valence-electron chi connectivity index (χ2n) is 2.87. The molecular weight excluding hydrogens is 124 g/mol. The quantitative estimate of drug-likeness (QED) is 0.493. The van der Waals surface area contributed by atoms with E-state index in [0.717, 1.165) is 19.6 Å². The Hall–Kier alpha value is -0.630. The average molecular weight is 136 g/mol. The van der Waals surface area contributed by atoms with Gasteiger partial charge in [0.2, 0.25) is 0 Å². The van der Waals surface area contributed by atoms with Crippen molar-refractivity contribution >= 4 is 5.71 Å². The van der Waals surface area contributed by atoms with Gasteiger partial charge in [-0.15, -0.1) is 0 Å². The molecule has 0 aromatic heterocycles. The van der Waals surface area contributed by atoms with Crippen LogP contribution >= 0.6 is 0 Å². The highest BCUT2D eigenvalue weighted by Crippen LogP contribution is 2.16. The predicted molar refractivity (Wildman–Crippen MR) is 42.2 cm³/mol. The summed E-state index contributed by atoms with van der Waals surface area (Å²) in [5.41, 5.74) is 1.40. The number of aliphatic imine (C=N–C) groups is 1. The van der Waals surface area contributed by atoms with Gasteiger partial charge in [0.25, 0.3) is 0 Å². The van der Waals surface area contributed by atoms with Gasteiger partial charge in [-0.3, -0.25) is 10.3 Å². The van der Waals surface area contributed by atoms with Crippen LogP contribution in [0.5, 0.6) is 0 Å². The SMILES string of the molecule is C1=CCC2CNCN=C2C1. The maximum absolute atomic E-state index is 4.41. The smallest absolute Gasteiger partial charge is 0.0884 e. The number of allylic oxidation sites excluding steroid dienone is 2. The Morgan fingerprint density at radius 1 is 1.50 bits per heavy atom. The molecule has 1 N–H and O–H groups in total. The molecule has 0 amide bonds. The minimum atomic E-state index is 0.707. The van der Waals surface area contributed by atoms with Gasteiger partial charge in [-0.1, -0.05) is 12.2 Å². The summed E-state index contributed by atoms with van der Waals surface area (Å²) in [5.74, 6) is 0.707. The van der Waals surface area contributed by atoms with Gasteiger partial charge < -0.3 is 0 Å². The molecule has 0 saturated carbocycles. The minimum Gasteiger partial charge on any atom is -0.298 e. The number of fused-ring (bicyclic) bond motifs is 1. The fourth-order valence-electron chi connectivity index (χ4n) is 1.56. The fraction of sp³-hybridized carbons (Fsp3) is 0.625. The van der Waals surface area contributed by atoms with E-state index in [9.17, 15) is 0 Å². The molecule has 0 fully saturated rings. The van der Waals surface area contributed by atoms with E-state index >= 15 is 0 Å². The summed E-state index contributed by atoms with van der Waals surface area (Å²) in [6, 6.07) is 0. The monoisotopic (exact) mass is 136 g/mol. The molecule has 0 radical (unpaired) electrons. The lowest BCUT2D eigenvalue weighted by Gasteiger charge is -2.24. The number of nitrogens with zero attached hydrogens (tertiary/aromatic N) is 1. The summed E-state index contributed by atoms with van der Waals surface area (Å²) in [5, 5.41) is 3.26. The largest absolute Gasteiger partial charge is 0.298 e. The van der Waals surface area contributed by atoms with Crippen LogP contribution in [0.4, 0.5) is 0 Å². The highest BCUT2D eigenvalue weighted by molar-refractivity contribution is 5.89. The van der Waals surface area contributed by atoms with Gasteiger partial charge in [0, 0.05) is 24.6 Å². The second-order valence-corrected chi connectivity index (χ2v) is 2.87. The molecule has 2 rings (SSSR count). The molecule has 2 aliphatic rings. The van der Waals surface area contributed by atoms with Crippen molar-refractivity contribution in [2.75, 3.05) is 13.2 Å². The lowest BCUT2D eigenvalue weighted by atomic mass is 9.91. The third kappa shape index (κ3) is 0.991. The topological polar surface area (TPSA) is 24.4 Å². The van der Waals surface area contributed by atoms with Crippen LogP contribution in [0.15, 0.2) is 17.1 Å². The lowest BCUT2D eigenvalue weighted by molar-refractivity contribution is 0.552. The van der Waals surface area contributed by atoms with Gasteiger partial charge in [-0.25, -0.2) is 0 Å². The Bertz CT molecular complexity index is 182. The maximum Gasteiger partial charge on any atom is 0.0884 e. The molecule has 0 aromatic carbocycles. The van der Waals surface area contributed by atoms with Crippen molar-refractivity contribution in [2.24, 2.45) is 10.9 Å². The summed E-state index contributed by atoms with van der Waals surface area (Å²) in [4.78, 5) is 4.41. The molecular formula is C8H12N2. The van der Waals surface area contributed by atoms with Crippen LogP contribution in [-0.2, 0) is 0 Å². The number of hydrogen-bond donors (Lipinski definition) is 1. The van der Waals surface area contributed by atoms with E-state index in [0.29, 0.717) is 5.92 Å². The zero-order valence-corrected chi connectivity index (χ0v) is 6.01. The first kappa shape index (κ1) is 6.10. The van der Waals surface area contributed by atoms with Crippen molar-refractivity contribution in [1.29, 1.82) is 0 Å². The van der Waals surface area contributed by atoms with E-state index in [1.807, 2.05) is 0 Å². The third-order valence-electron chi connectivity index (χ3n) is 2.17. The summed E-state index contributed by atoms with van der Waals surface area (Å²) in [6.45, 7) is 1.96. The highest BCUT2D eigenvalue weighted by atomic mass is 15.0. The Labute approximate surface area is 61.0 Å². The molecule has 1 atom stereocenters. The van der Waals surface area contributed by atoms with E-state index in [1.54, 1.807) is 0 Å². The van der Waals surface area contributed by atoms with Crippen molar-refractivity contribution < 1.29 is 0 Å². The van der Waals surface area contributed by atoms with Gasteiger partial charge in [0.05, 0.1) is 6.67 Å². The number of nitrogens with one attached hydrogen (secondary N) is 1. The molecule has 0 bridgehead atoms. The van der Waals surface area contributed by atoms with E-state index in [1.165, 1.54) is 12.1 Å². The van der Waals surface area contributed by atoms with Crippen LogP contribution in [0, 0.1) is 5.92 Å². The van der Waals surface area contributed by atoms with E-state index in [2.05, 4.69) is 22.5 Å². The lowest BCUT2D eigenvalue weighted by Crippen LogP contribution is -2.35. The molecule has 2 nitrogen and oxygen atoms in total. The molecule has 0 spiro atoms. The van der Waals surface area contributed by atoms with E-state index in [-0.39, 0.29) is 0 Å². The molecule has 54 valence electrons. The molecule has 1 aliphatic carbocycles. The first-order chi connectivity index (χ1) is 4.97. The Morgan fingerprint density at radius 3 is 3.40 bits per heavy atom. The van der Waals surface area contributed by atoms with Crippen LogP contribution < -0.4 is 5.32 Å². The van der Waals surface area contributed by atoms with Crippen LogP contribution in [0.25, 0.3) is 0 Å². The van der Waals surface area contributed by atoms with E-state index < -0.39 is 0 Å². The minimum absolute atomic E-state index is 0.707. The van der Waals surface area contributed by atoms with E-state index in [4.69, 9.17) is 0 Å². The molecule has 1 unspecified atom stereocenters. The van der Waals surface area contributed by atoms with Crippen LogP contribution in [0.3, 0.4) is 0 Å². The van der Waals surface area contributed by atoms with Crippen LogP contribution in [0.2, 0.25) is 0 Å². The van der Waals surface area contributed by atoms with Crippen molar-refractivity contribution in [3.63, 3.8) is 0 Å². The second kappa shape index (κ2) is 2.54. The van der Waals surface area contributed by atoms with Gasteiger partial charge in [0.1, 0.15) is 0 Å². The molecule has 1 heterocycles. The molecule has 0 saturated heterocycles. The van der Waals surface area contributed by atoms with Crippen molar-refractivity contribution in [2.45, 2.75) is 12.8 Å². The highest BCUT2D eigenvalue weighted by Gasteiger charge is 2.18. The molecule has 2 heteroatoms. The summed E-state index contributed by atoms with van der Waals surface area (Å²) in [6.07, 6.45) is 6.76. The van der Waals surface area contributed by atoms with Gasteiger partial charge in [0.15, 0.2) is 0 Å². The number of rotatable bonds is 0. The van der Waals surface area contributed by atoms with Crippen molar-refractivity contribution in [3.05, 3.63) is 12.2 Å². The summed E-state index contributed by atoms with van der Waals surface area (Å²) in [7, 11) is 0. The summed E-state index contributed by atoms with van der Waals surface area (Å²) < 4.78 is 0. The Balaban J connectivity index is 2.17. The predicted octanol–water partition coefficient (Wildman–Crippen LogP) is 0.954. The molecule has 10 heavy (non-hydrogen) atoms. The van der Waals surface area contributed by atoms with Crippen molar-refractivity contribution in [1.82, 2.24) is 5.32 Å². The van der Waals surface area contributed by atoms with Crippen LogP contribution in [-0.4, -0.2) is 18.9 Å². The Morgan fingerprint density at radius 2 is 2.50 bits per heavy atom. The standard InChI is InChI=1S/C8H12N2/c1-2-4-8-7(3-1)5-9-6-10-8/h1-2,7,9H,3-6H2. The van der Waals surface area contributed by atoms with Gasteiger partial charge in [-0.2, -0.15) is 0 Å². The Kier molecular flexibility index (Phi) is 1.55. The third-order valence-corrected chi connectivity index (χ3v) is 2.17. The average Bonchev–Trinajstić information content (AvgIpc) is 2.05. The van der Waals surface area contributed by atoms with Crippen LogP contribution in [0.1, 0.15) is 12.8 Å². The molecule has 0 aromatic rings. The zero-order valence-electron chi connectivity index (χ0n) is 6.01. The van der Waals surface area contributed by atoms with Gasteiger partial charge >= 0.3 is 0 Å². The maximum atomic E-state index is 4.41. The first-order valence-corrected chi connectivity index (χ1v) is 3.86. The van der Waals surface area contributed by atoms with Gasteiger partial charge in [-0.05, 0) is 6.42 Å². The van der Waals surface area contributed by atoms with Crippen molar-refractivity contribution in [3.8, 4) is 0 Å². The normalized spacial score (nSPS) is 31.2. The molecule has 1 aliphatic heterocycles. The zero-order chi connectivity index (χ0) is 6.81. The number of hydrogen-bond acceptors (Lipinski definition) is 2. The fourth-order valence-corrected chi connectivity index (χ4v) is 1.56. The summed E-state index contributed by atoms with van der Waals surface area (Å²) >= 11 is 0.